The fourth-order valence-electron chi connectivity index (χ4n) is 6.38. The van der Waals surface area contributed by atoms with Crippen molar-refractivity contribution in [2.45, 2.75) is 13.3 Å². The molecule has 0 unspecified atom stereocenters. The summed E-state index contributed by atoms with van der Waals surface area (Å²) in [5, 5.41) is 3.55. The molecule has 0 spiro atoms. The van der Waals surface area contributed by atoms with E-state index in [0.29, 0.717) is 0 Å². The van der Waals surface area contributed by atoms with Crippen molar-refractivity contribution in [3.8, 4) is 39.2 Å². The van der Waals surface area contributed by atoms with E-state index in [1.165, 1.54) is 16.5 Å². The molecule has 0 radical (unpaired) electrons. The Hall–Kier alpha value is -5.54. The van der Waals surface area contributed by atoms with Gasteiger partial charge >= 0.3 is 0 Å². The number of aromatic nitrogens is 3. The molecule has 3 nitrogen and oxygen atoms in total. The van der Waals surface area contributed by atoms with Crippen LogP contribution in [0.4, 0.5) is 0 Å². The smallest absolute Gasteiger partial charge is 0.114 e. The molecule has 2 aromatic heterocycles. The molecule has 6 aromatic carbocycles. The Morgan fingerprint density at radius 1 is 0.512 bits per heavy atom. The number of nitrogens with zero attached hydrogens (tertiary/aromatic N) is 3. The SMILES string of the molecule is CCc1nc2ccccc2n1-c1ccc(-c2cccc3c2nc(-c2ccccc2)c2cccc(-c4ccccc4)c23)cc1. The van der Waals surface area contributed by atoms with Crippen LogP contribution in [0.2, 0.25) is 0 Å². The maximum absolute atomic E-state index is 5.41. The summed E-state index contributed by atoms with van der Waals surface area (Å²) in [6.07, 6.45) is 0.864. The van der Waals surface area contributed by atoms with Crippen molar-refractivity contribution in [2.24, 2.45) is 0 Å². The Bertz CT molecular complexity index is 2250. The normalized spacial score (nSPS) is 11.5. The number of para-hydroxylation sites is 3. The molecule has 0 fully saturated rings. The summed E-state index contributed by atoms with van der Waals surface area (Å²) in [6.45, 7) is 2.16. The van der Waals surface area contributed by atoms with Crippen LogP contribution in [0.5, 0.6) is 0 Å². The molecule has 0 saturated carbocycles. The van der Waals surface area contributed by atoms with Crippen molar-refractivity contribution < 1.29 is 0 Å². The van der Waals surface area contributed by atoms with Gasteiger partial charge in [0.05, 0.1) is 22.2 Å². The molecule has 0 atom stereocenters. The lowest BCUT2D eigenvalue weighted by Crippen LogP contribution is -2.00. The Morgan fingerprint density at radius 3 is 1.88 bits per heavy atom. The topological polar surface area (TPSA) is 30.7 Å². The van der Waals surface area contributed by atoms with Gasteiger partial charge in [0, 0.05) is 39.4 Å². The monoisotopic (exact) mass is 551 g/mol. The Balaban J connectivity index is 1.37. The van der Waals surface area contributed by atoms with Gasteiger partial charge in [-0.2, -0.15) is 0 Å². The van der Waals surface area contributed by atoms with Gasteiger partial charge in [0.1, 0.15) is 5.82 Å². The maximum Gasteiger partial charge on any atom is 0.114 e. The zero-order valence-electron chi connectivity index (χ0n) is 23.9. The predicted molar refractivity (Wildman–Crippen MR) is 180 cm³/mol. The molecule has 0 amide bonds. The lowest BCUT2D eigenvalue weighted by Gasteiger charge is -2.16. The minimum atomic E-state index is 0.864. The Morgan fingerprint density at radius 2 is 1.14 bits per heavy atom. The zero-order chi connectivity index (χ0) is 28.8. The summed E-state index contributed by atoms with van der Waals surface area (Å²) >= 11 is 0. The minimum Gasteiger partial charge on any atom is -0.296 e. The lowest BCUT2D eigenvalue weighted by atomic mass is 9.91. The summed E-state index contributed by atoms with van der Waals surface area (Å²) in [6, 6.07) is 51.6. The standard InChI is InChI=1S/C40H29N3/c1-2-37-41-35-21-9-10-22-36(35)43(37)30-25-23-28(24-26-30)32-18-12-20-34-38-31(27-13-5-3-6-14-27)17-11-19-33(38)39(42-40(32)34)29-15-7-4-8-16-29/h3-26H,2H2,1H3. The van der Waals surface area contributed by atoms with E-state index in [2.05, 4.69) is 151 Å². The molecule has 0 aliphatic rings. The second-order valence-electron chi connectivity index (χ2n) is 10.9. The van der Waals surface area contributed by atoms with Crippen molar-refractivity contribution in [3.05, 3.63) is 151 Å². The molecule has 43 heavy (non-hydrogen) atoms. The van der Waals surface area contributed by atoms with E-state index in [0.717, 1.165) is 67.6 Å². The van der Waals surface area contributed by atoms with Gasteiger partial charge in [-0.15, -0.1) is 0 Å². The van der Waals surface area contributed by atoms with Crippen molar-refractivity contribution in [1.29, 1.82) is 0 Å². The van der Waals surface area contributed by atoms with Crippen LogP contribution < -0.4 is 0 Å². The summed E-state index contributed by atoms with van der Waals surface area (Å²) in [5.41, 5.74) is 11.1. The molecule has 0 bridgehead atoms. The molecule has 8 aromatic rings. The Labute approximate surface area is 250 Å². The number of hydrogen-bond donors (Lipinski definition) is 0. The molecule has 2 heterocycles. The number of fused-ring (bicyclic) bond motifs is 4. The van der Waals surface area contributed by atoms with Crippen LogP contribution in [0, 0.1) is 0 Å². The number of benzene rings is 6. The summed E-state index contributed by atoms with van der Waals surface area (Å²) in [5.74, 6) is 1.06. The summed E-state index contributed by atoms with van der Waals surface area (Å²) in [7, 11) is 0. The van der Waals surface area contributed by atoms with Gasteiger partial charge in [-0.25, -0.2) is 9.97 Å². The second-order valence-corrected chi connectivity index (χ2v) is 10.9. The van der Waals surface area contributed by atoms with Gasteiger partial charge in [0.15, 0.2) is 0 Å². The van der Waals surface area contributed by atoms with E-state index >= 15 is 0 Å². The van der Waals surface area contributed by atoms with Crippen LogP contribution in [0.15, 0.2) is 146 Å². The van der Waals surface area contributed by atoms with E-state index in [9.17, 15) is 0 Å². The Kier molecular flexibility index (Phi) is 6.08. The van der Waals surface area contributed by atoms with Gasteiger partial charge < -0.3 is 0 Å². The molecule has 204 valence electrons. The predicted octanol–water partition coefficient (Wildman–Crippen LogP) is 10.3. The third-order valence-corrected chi connectivity index (χ3v) is 8.36. The number of aryl methyl sites for hydroxylation is 1. The van der Waals surface area contributed by atoms with Gasteiger partial charge in [0.25, 0.3) is 0 Å². The molecule has 0 aliphatic heterocycles. The van der Waals surface area contributed by atoms with Crippen LogP contribution in [0.25, 0.3) is 71.9 Å². The van der Waals surface area contributed by atoms with E-state index < -0.39 is 0 Å². The fraction of sp³-hybridized carbons (Fsp3) is 0.0500. The van der Waals surface area contributed by atoms with E-state index in [4.69, 9.17) is 9.97 Å². The zero-order valence-corrected chi connectivity index (χ0v) is 23.9. The largest absolute Gasteiger partial charge is 0.296 e. The molecule has 0 saturated heterocycles. The second kappa shape index (κ2) is 10.4. The van der Waals surface area contributed by atoms with Crippen LogP contribution >= 0.6 is 0 Å². The highest BCUT2D eigenvalue weighted by Gasteiger charge is 2.17. The number of hydrogen-bond acceptors (Lipinski definition) is 2. The fourth-order valence-corrected chi connectivity index (χ4v) is 6.38. The van der Waals surface area contributed by atoms with Gasteiger partial charge in [-0.1, -0.05) is 128 Å². The van der Waals surface area contributed by atoms with Crippen LogP contribution in [0.3, 0.4) is 0 Å². The van der Waals surface area contributed by atoms with Gasteiger partial charge in [-0.3, -0.25) is 4.57 Å². The lowest BCUT2D eigenvalue weighted by molar-refractivity contribution is 0.908. The highest BCUT2D eigenvalue weighted by molar-refractivity contribution is 6.19. The van der Waals surface area contributed by atoms with E-state index in [1.807, 2.05) is 6.07 Å². The van der Waals surface area contributed by atoms with Crippen LogP contribution in [-0.2, 0) is 6.42 Å². The van der Waals surface area contributed by atoms with Crippen molar-refractivity contribution in [2.75, 3.05) is 0 Å². The van der Waals surface area contributed by atoms with Crippen molar-refractivity contribution >= 4 is 32.7 Å². The summed E-state index contributed by atoms with van der Waals surface area (Å²) < 4.78 is 2.27. The first-order valence-corrected chi connectivity index (χ1v) is 14.8. The van der Waals surface area contributed by atoms with Gasteiger partial charge in [0.2, 0.25) is 0 Å². The first kappa shape index (κ1) is 25.2. The van der Waals surface area contributed by atoms with Gasteiger partial charge in [-0.05, 0) is 41.0 Å². The first-order chi connectivity index (χ1) is 21.3. The minimum absolute atomic E-state index is 0.864. The number of pyridine rings is 1. The van der Waals surface area contributed by atoms with Crippen molar-refractivity contribution in [3.63, 3.8) is 0 Å². The molecule has 0 aliphatic carbocycles. The first-order valence-electron chi connectivity index (χ1n) is 14.8. The van der Waals surface area contributed by atoms with Crippen LogP contribution in [-0.4, -0.2) is 14.5 Å². The quantitative estimate of drug-likeness (QED) is 0.199. The molecule has 3 heteroatoms. The molecular weight excluding hydrogens is 522 g/mol. The van der Waals surface area contributed by atoms with Crippen LogP contribution in [0.1, 0.15) is 12.7 Å². The average Bonchev–Trinajstić information content (AvgIpc) is 3.47. The molecular formula is C40H29N3. The maximum atomic E-state index is 5.41. The van der Waals surface area contributed by atoms with E-state index in [-0.39, 0.29) is 0 Å². The van der Waals surface area contributed by atoms with E-state index in [1.54, 1.807) is 0 Å². The summed E-state index contributed by atoms with van der Waals surface area (Å²) in [4.78, 5) is 10.3. The average molecular weight is 552 g/mol. The highest BCUT2D eigenvalue weighted by atomic mass is 15.1. The molecule has 0 N–H and O–H groups in total. The highest BCUT2D eigenvalue weighted by Crippen LogP contribution is 2.41. The third kappa shape index (κ3) is 4.21. The number of imidazole rings is 1. The molecule has 8 rings (SSSR count). The number of rotatable bonds is 5. The van der Waals surface area contributed by atoms with Crippen molar-refractivity contribution in [1.82, 2.24) is 14.5 Å². The third-order valence-electron chi connectivity index (χ3n) is 8.36.